The van der Waals surface area contributed by atoms with Crippen molar-refractivity contribution in [2.45, 2.75) is 31.8 Å². The fourth-order valence-corrected chi connectivity index (χ4v) is 1.25. The molecule has 0 saturated carbocycles. The van der Waals surface area contributed by atoms with Gasteiger partial charge in [-0.15, -0.1) is 0 Å². The monoisotopic (exact) mass is 141 g/mol. The van der Waals surface area contributed by atoms with Crippen LogP contribution < -0.4 is 5.32 Å². The molecule has 0 heterocycles. The third-order valence-electron chi connectivity index (χ3n) is 1.96. The Morgan fingerprint density at radius 2 is 2.40 bits per heavy atom. The number of hydrogen-bond acceptors (Lipinski definition) is 2. The predicted molar refractivity (Wildman–Crippen MR) is 41.6 cm³/mol. The second kappa shape index (κ2) is 3.62. The molecule has 0 amide bonds. The zero-order valence-corrected chi connectivity index (χ0v) is 6.43. The van der Waals surface area contributed by atoms with E-state index in [1.807, 2.05) is 7.05 Å². The molecule has 0 saturated heterocycles. The van der Waals surface area contributed by atoms with Gasteiger partial charge in [0.25, 0.3) is 0 Å². The average molecular weight is 141 g/mol. The van der Waals surface area contributed by atoms with Gasteiger partial charge >= 0.3 is 0 Å². The lowest BCUT2D eigenvalue weighted by atomic mass is 10.1. The molecular formula is C8H15NO. The lowest BCUT2D eigenvalue weighted by molar-refractivity contribution is 0.158. The zero-order chi connectivity index (χ0) is 7.40. The van der Waals surface area contributed by atoms with Gasteiger partial charge in [0.15, 0.2) is 0 Å². The Bertz CT molecular complexity index is 131. The molecule has 2 nitrogen and oxygen atoms in total. The van der Waals surface area contributed by atoms with Crippen LogP contribution in [0.25, 0.3) is 0 Å². The van der Waals surface area contributed by atoms with E-state index < -0.39 is 0 Å². The van der Waals surface area contributed by atoms with Crippen LogP contribution in [-0.4, -0.2) is 18.3 Å². The molecule has 0 spiro atoms. The van der Waals surface area contributed by atoms with Gasteiger partial charge in [-0.3, -0.25) is 0 Å². The highest BCUT2D eigenvalue weighted by atomic mass is 16.3. The van der Waals surface area contributed by atoms with Gasteiger partial charge in [0.2, 0.25) is 0 Å². The third-order valence-corrected chi connectivity index (χ3v) is 1.96. The van der Waals surface area contributed by atoms with E-state index >= 15 is 0 Å². The average Bonchev–Trinajstić information content (AvgIpc) is 2.14. The fourth-order valence-electron chi connectivity index (χ4n) is 1.25. The van der Waals surface area contributed by atoms with E-state index in [2.05, 4.69) is 11.4 Å². The SMILES string of the molecule is CNC1=CCCC(O)CC1. The lowest BCUT2D eigenvalue weighted by Crippen LogP contribution is -2.07. The molecule has 0 bridgehead atoms. The van der Waals surface area contributed by atoms with Gasteiger partial charge < -0.3 is 10.4 Å². The number of hydrogen-bond donors (Lipinski definition) is 2. The van der Waals surface area contributed by atoms with Crippen molar-refractivity contribution in [2.75, 3.05) is 7.05 Å². The van der Waals surface area contributed by atoms with Crippen LogP contribution >= 0.6 is 0 Å². The summed E-state index contributed by atoms with van der Waals surface area (Å²) in [5.41, 5.74) is 1.27. The molecule has 0 aromatic rings. The Hall–Kier alpha value is -0.500. The van der Waals surface area contributed by atoms with Gasteiger partial charge in [-0.2, -0.15) is 0 Å². The molecule has 1 unspecified atom stereocenters. The van der Waals surface area contributed by atoms with Crippen LogP contribution in [0.1, 0.15) is 25.7 Å². The minimum atomic E-state index is -0.0814. The summed E-state index contributed by atoms with van der Waals surface area (Å²) >= 11 is 0. The predicted octanol–water partition coefficient (Wildman–Crippen LogP) is 1.02. The van der Waals surface area contributed by atoms with Crippen molar-refractivity contribution in [1.29, 1.82) is 0 Å². The van der Waals surface area contributed by atoms with Gasteiger partial charge in [-0.05, 0) is 25.7 Å². The smallest absolute Gasteiger partial charge is 0.0547 e. The Labute approximate surface area is 61.9 Å². The summed E-state index contributed by atoms with van der Waals surface area (Å²) in [6, 6.07) is 0. The molecule has 2 heteroatoms. The summed E-state index contributed by atoms with van der Waals surface area (Å²) in [4.78, 5) is 0. The summed E-state index contributed by atoms with van der Waals surface area (Å²) in [5.74, 6) is 0. The van der Waals surface area contributed by atoms with Crippen LogP contribution in [0, 0.1) is 0 Å². The molecule has 0 aromatic heterocycles. The summed E-state index contributed by atoms with van der Waals surface area (Å²) in [5, 5.41) is 12.4. The van der Waals surface area contributed by atoms with Crippen molar-refractivity contribution in [1.82, 2.24) is 5.32 Å². The lowest BCUT2D eigenvalue weighted by Gasteiger charge is -2.05. The maximum absolute atomic E-state index is 9.24. The summed E-state index contributed by atoms with van der Waals surface area (Å²) in [7, 11) is 1.93. The summed E-state index contributed by atoms with van der Waals surface area (Å²) in [6.45, 7) is 0. The topological polar surface area (TPSA) is 32.3 Å². The highest BCUT2D eigenvalue weighted by Crippen LogP contribution is 2.15. The number of nitrogens with one attached hydrogen (secondary N) is 1. The molecule has 1 aliphatic rings. The second-order valence-corrected chi connectivity index (χ2v) is 2.75. The van der Waals surface area contributed by atoms with Gasteiger partial charge in [0, 0.05) is 12.7 Å². The molecular weight excluding hydrogens is 126 g/mol. The van der Waals surface area contributed by atoms with Crippen LogP contribution in [0.2, 0.25) is 0 Å². The van der Waals surface area contributed by atoms with E-state index in [-0.39, 0.29) is 6.10 Å². The van der Waals surface area contributed by atoms with Crippen molar-refractivity contribution in [3.8, 4) is 0 Å². The van der Waals surface area contributed by atoms with Crippen LogP contribution in [0.4, 0.5) is 0 Å². The quantitative estimate of drug-likeness (QED) is 0.571. The molecule has 0 radical (unpaired) electrons. The van der Waals surface area contributed by atoms with Crippen molar-refractivity contribution < 1.29 is 5.11 Å². The normalized spacial score (nSPS) is 27.0. The first-order valence-electron chi connectivity index (χ1n) is 3.88. The Morgan fingerprint density at radius 3 is 3.10 bits per heavy atom. The molecule has 2 N–H and O–H groups in total. The Morgan fingerprint density at radius 1 is 1.60 bits per heavy atom. The number of allylic oxidation sites excluding steroid dienone is 2. The van der Waals surface area contributed by atoms with Gasteiger partial charge in [0.1, 0.15) is 0 Å². The van der Waals surface area contributed by atoms with E-state index in [1.54, 1.807) is 0 Å². The zero-order valence-electron chi connectivity index (χ0n) is 6.43. The standard InChI is InChI=1S/C8H15NO/c1-9-7-3-2-4-8(10)6-5-7/h3,8-10H,2,4-6H2,1H3. The minimum absolute atomic E-state index is 0.0814. The molecule has 1 atom stereocenters. The van der Waals surface area contributed by atoms with Crippen LogP contribution in [-0.2, 0) is 0 Å². The van der Waals surface area contributed by atoms with Crippen molar-refractivity contribution in [3.05, 3.63) is 11.8 Å². The van der Waals surface area contributed by atoms with Crippen molar-refractivity contribution in [3.63, 3.8) is 0 Å². The first-order chi connectivity index (χ1) is 4.83. The first-order valence-corrected chi connectivity index (χ1v) is 3.88. The van der Waals surface area contributed by atoms with E-state index in [9.17, 15) is 5.11 Å². The van der Waals surface area contributed by atoms with Crippen molar-refractivity contribution >= 4 is 0 Å². The van der Waals surface area contributed by atoms with E-state index in [0.717, 1.165) is 25.7 Å². The van der Waals surface area contributed by atoms with Crippen molar-refractivity contribution in [2.24, 2.45) is 0 Å². The molecule has 0 fully saturated rings. The van der Waals surface area contributed by atoms with Crippen LogP contribution in [0.3, 0.4) is 0 Å². The van der Waals surface area contributed by atoms with Gasteiger partial charge in [-0.25, -0.2) is 0 Å². The van der Waals surface area contributed by atoms with E-state index in [1.165, 1.54) is 5.70 Å². The summed E-state index contributed by atoms with van der Waals surface area (Å²) < 4.78 is 0. The third kappa shape index (κ3) is 2.03. The fraction of sp³-hybridized carbons (Fsp3) is 0.750. The number of aliphatic hydroxyl groups excluding tert-OH is 1. The maximum atomic E-state index is 9.24. The van der Waals surface area contributed by atoms with Crippen LogP contribution in [0.5, 0.6) is 0 Å². The first kappa shape index (κ1) is 7.61. The molecule has 58 valence electrons. The summed E-state index contributed by atoms with van der Waals surface area (Å²) in [6.07, 6.45) is 5.94. The molecule has 10 heavy (non-hydrogen) atoms. The highest BCUT2D eigenvalue weighted by Gasteiger charge is 2.08. The molecule has 1 rings (SSSR count). The molecule has 1 aliphatic carbocycles. The minimum Gasteiger partial charge on any atom is -0.393 e. The molecule has 0 aliphatic heterocycles. The Kier molecular flexibility index (Phi) is 2.75. The van der Waals surface area contributed by atoms with E-state index in [4.69, 9.17) is 0 Å². The van der Waals surface area contributed by atoms with Crippen LogP contribution in [0.15, 0.2) is 11.8 Å². The largest absolute Gasteiger partial charge is 0.393 e. The molecule has 0 aromatic carbocycles. The Balaban J connectivity index is 2.40. The van der Waals surface area contributed by atoms with Gasteiger partial charge in [-0.1, -0.05) is 6.08 Å². The van der Waals surface area contributed by atoms with Gasteiger partial charge in [0.05, 0.1) is 6.10 Å². The number of aliphatic hydroxyl groups is 1. The second-order valence-electron chi connectivity index (χ2n) is 2.75. The number of rotatable bonds is 1. The van der Waals surface area contributed by atoms with E-state index in [0.29, 0.717) is 0 Å². The highest BCUT2D eigenvalue weighted by molar-refractivity contribution is 5.01. The maximum Gasteiger partial charge on any atom is 0.0547 e.